The van der Waals surface area contributed by atoms with Gasteiger partial charge in [0, 0.05) is 12.7 Å². The molecule has 0 radical (unpaired) electrons. The van der Waals surface area contributed by atoms with E-state index in [1.54, 1.807) is 18.3 Å². The number of aromatic nitrogens is 1. The van der Waals surface area contributed by atoms with Crippen molar-refractivity contribution < 1.29 is 13.2 Å². The van der Waals surface area contributed by atoms with Crippen LogP contribution in [0.1, 0.15) is 25.1 Å². The molecular formula is C11H15N3O3S. The van der Waals surface area contributed by atoms with Crippen LogP contribution in [-0.4, -0.2) is 28.4 Å². The molecule has 7 heteroatoms. The summed E-state index contributed by atoms with van der Waals surface area (Å²) in [4.78, 5) is 15.8. The first-order chi connectivity index (χ1) is 8.30. The van der Waals surface area contributed by atoms with E-state index in [0.29, 0.717) is 11.3 Å². The molecular weight excluding hydrogens is 254 g/mol. The number of amides is 1. The van der Waals surface area contributed by atoms with Gasteiger partial charge in [0.05, 0.1) is 12.2 Å². The molecule has 0 saturated carbocycles. The van der Waals surface area contributed by atoms with Crippen LogP contribution in [0, 0.1) is 0 Å². The summed E-state index contributed by atoms with van der Waals surface area (Å²) in [5.74, 6) is -0.381. The molecule has 6 nitrogen and oxygen atoms in total. The number of carbonyl (C=O) groups excluding carboxylic acids is 1. The lowest BCUT2D eigenvalue weighted by Gasteiger charge is -2.43. The Bertz CT molecular complexity index is 595. The molecule has 0 bridgehead atoms. The number of rotatable bonds is 3. The van der Waals surface area contributed by atoms with Crippen LogP contribution in [0.2, 0.25) is 0 Å². The van der Waals surface area contributed by atoms with Gasteiger partial charge >= 0.3 is 0 Å². The molecule has 1 amide bonds. The van der Waals surface area contributed by atoms with Crippen LogP contribution in [0.25, 0.3) is 0 Å². The number of carbonyl (C=O) groups is 1. The van der Waals surface area contributed by atoms with Crippen molar-refractivity contribution in [3.05, 3.63) is 29.6 Å². The van der Waals surface area contributed by atoms with Crippen LogP contribution >= 0.6 is 0 Å². The molecule has 2 N–H and O–H groups in total. The fourth-order valence-electron chi connectivity index (χ4n) is 1.82. The maximum Gasteiger partial charge on any atom is 0.259 e. The van der Waals surface area contributed by atoms with E-state index in [-0.39, 0.29) is 19.0 Å². The van der Waals surface area contributed by atoms with Crippen molar-refractivity contribution in [3.63, 3.8) is 0 Å². The second kappa shape index (κ2) is 4.03. The number of nitrogens with two attached hydrogens (primary N) is 1. The lowest BCUT2D eigenvalue weighted by Crippen LogP contribution is -2.66. The van der Waals surface area contributed by atoms with E-state index < -0.39 is 14.8 Å². The largest absolute Gasteiger partial charge is 0.325 e. The van der Waals surface area contributed by atoms with Gasteiger partial charge in [-0.15, -0.1) is 0 Å². The predicted octanol–water partition coefficient (Wildman–Crippen LogP) is -0.00910. The quantitative estimate of drug-likeness (QED) is 0.833. The molecule has 18 heavy (non-hydrogen) atoms. The molecule has 0 aliphatic carbocycles. The van der Waals surface area contributed by atoms with Crippen molar-refractivity contribution in [2.45, 2.75) is 31.7 Å². The molecule has 0 unspecified atom stereocenters. The number of sulfonamides is 1. The lowest BCUT2D eigenvalue weighted by molar-refractivity contribution is -0.132. The van der Waals surface area contributed by atoms with E-state index in [1.165, 1.54) is 13.8 Å². The monoisotopic (exact) mass is 269 g/mol. The second-order valence-electron chi connectivity index (χ2n) is 4.69. The Morgan fingerprint density at radius 3 is 2.67 bits per heavy atom. The maximum atomic E-state index is 11.9. The summed E-state index contributed by atoms with van der Waals surface area (Å²) in [6, 6.07) is 3.38. The van der Waals surface area contributed by atoms with Crippen molar-refractivity contribution >= 4 is 15.9 Å². The minimum Gasteiger partial charge on any atom is -0.325 e. The smallest absolute Gasteiger partial charge is 0.259 e. The molecule has 1 fully saturated rings. The SMILES string of the molecule is CC1(C)C(=O)N(Cc2ccnc(CN)c2)S1(=O)=O. The van der Waals surface area contributed by atoms with E-state index in [2.05, 4.69) is 4.98 Å². The summed E-state index contributed by atoms with van der Waals surface area (Å²) in [6.45, 7) is 3.15. The normalized spacial score (nSPS) is 20.6. The Morgan fingerprint density at radius 1 is 1.44 bits per heavy atom. The van der Waals surface area contributed by atoms with Gasteiger partial charge in [0.2, 0.25) is 0 Å². The van der Waals surface area contributed by atoms with Crippen LogP contribution in [0.15, 0.2) is 18.3 Å². The van der Waals surface area contributed by atoms with E-state index in [4.69, 9.17) is 5.73 Å². The molecule has 1 aliphatic rings. The van der Waals surface area contributed by atoms with Crippen molar-refractivity contribution in [3.8, 4) is 0 Å². The van der Waals surface area contributed by atoms with Gasteiger partial charge in [0.15, 0.2) is 4.75 Å². The van der Waals surface area contributed by atoms with Gasteiger partial charge in [-0.1, -0.05) is 0 Å². The van der Waals surface area contributed by atoms with Gasteiger partial charge in [-0.25, -0.2) is 12.7 Å². The van der Waals surface area contributed by atoms with Crippen LogP contribution in [0.5, 0.6) is 0 Å². The minimum absolute atomic E-state index is 0.0418. The topological polar surface area (TPSA) is 93.4 Å². The van der Waals surface area contributed by atoms with Crippen molar-refractivity contribution in [2.75, 3.05) is 0 Å². The van der Waals surface area contributed by atoms with Gasteiger partial charge in [-0.05, 0) is 31.5 Å². The first kappa shape index (κ1) is 13.0. The second-order valence-corrected chi connectivity index (χ2v) is 7.10. The third-order valence-electron chi connectivity index (χ3n) is 3.09. The lowest BCUT2D eigenvalue weighted by atomic mass is 10.1. The first-order valence-corrected chi connectivity index (χ1v) is 6.95. The summed E-state index contributed by atoms with van der Waals surface area (Å²) in [7, 11) is -3.54. The molecule has 1 aliphatic heterocycles. The number of pyridine rings is 1. The Morgan fingerprint density at radius 2 is 2.11 bits per heavy atom. The van der Waals surface area contributed by atoms with Crippen molar-refractivity contribution in [2.24, 2.45) is 5.73 Å². The van der Waals surface area contributed by atoms with Gasteiger partial charge in [-0.3, -0.25) is 9.78 Å². The minimum atomic E-state index is -3.54. The zero-order valence-corrected chi connectivity index (χ0v) is 11.1. The molecule has 1 saturated heterocycles. The molecule has 2 rings (SSSR count). The van der Waals surface area contributed by atoms with E-state index >= 15 is 0 Å². The summed E-state index contributed by atoms with van der Waals surface area (Å²) in [5, 5.41) is 0. The third-order valence-corrected chi connectivity index (χ3v) is 5.43. The molecule has 1 aromatic rings. The highest BCUT2D eigenvalue weighted by atomic mass is 32.2. The third kappa shape index (κ3) is 1.70. The first-order valence-electron chi connectivity index (χ1n) is 5.51. The molecule has 1 aromatic heterocycles. The van der Waals surface area contributed by atoms with E-state index in [0.717, 1.165) is 4.31 Å². The summed E-state index contributed by atoms with van der Waals surface area (Å²) in [6.07, 6.45) is 1.56. The Kier molecular flexibility index (Phi) is 2.90. The van der Waals surface area contributed by atoms with E-state index in [9.17, 15) is 13.2 Å². The number of nitrogens with zero attached hydrogens (tertiary/aromatic N) is 2. The maximum absolute atomic E-state index is 11.9. The average molecular weight is 269 g/mol. The number of hydrogen-bond donors (Lipinski definition) is 1. The van der Waals surface area contributed by atoms with Crippen LogP contribution in [-0.2, 0) is 27.9 Å². The average Bonchev–Trinajstić information content (AvgIpc) is 2.35. The van der Waals surface area contributed by atoms with E-state index in [1.807, 2.05) is 0 Å². The highest BCUT2D eigenvalue weighted by molar-refractivity contribution is 7.94. The van der Waals surface area contributed by atoms with Gasteiger partial charge in [0.1, 0.15) is 0 Å². The van der Waals surface area contributed by atoms with Crippen LogP contribution in [0.3, 0.4) is 0 Å². The zero-order valence-electron chi connectivity index (χ0n) is 10.3. The molecule has 98 valence electrons. The molecule has 0 aromatic carbocycles. The van der Waals surface area contributed by atoms with Crippen molar-refractivity contribution in [1.29, 1.82) is 0 Å². The summed E-state index contributed by atoms with van der Waals surface area (Å²) in [5.41, 5.74) is 6.83. The standard InChI is InChI=1S/C11H15N3O3S/c1-11(2)10(15)14(18(11,16)17)7-8-3-4-13-9(5-8)6-12/h3-5H,6-7,12H2,1-2H3. The van der Waals surface area contributed by atoms with Gasteiger partial charge < -0.3 is 5.73 Å². The fraction of sp³-hybridized carbons (Fsp3) is 0.455. The fourth-order valence-corrected chi connectivity index (χ4v) is 3.33. The molecule has 0 atom stereocenters. The molecule has 0 spiro atoms. The van der Waals surface area contributed by atoms with Gasteiger partial charge in [-0.2, -0.15) is 0 Å². The Balaban J connectivity index is 2.24. The number of hydrogen-bond acceptors (Lipinski definition) is 5. The highest BCUT2D eigenvalue weighted by Crippen LogP contribution is 2.35. The zero-order chi connectivity index (χ0) is 13.6. The Labute approximate surface area is 106 Å². The summed E-state index contributed by atoms with van der Waals surface area (Å²) < 4.78 is 23.4. The summed E-state index contributed by atoms with van der Waals surface area (Å²) >= 11 is 0. The molecule has 2 heterocycles. The van der Waals surface area contributed by atoms with Crippen LogP contribution < -0.4 is 5.73 Å². The Hall–Kier alpha value is -1.47. The van der Waals surface area contributed by atoms with Gasteiger partial charge in [0.25, 0.3) is 15.9 Å². The predicted molar refractivity (Wildman–Crippen MR) is 65.7 cm³/mol. The highest BCUT2D eigenvalue weighted by Gasteiger charge is 2.59. The van der Waals surface area contributed by atoms with Crippen LogP contribution in [0.4, 0.5) is 0 Å². The van der Waals surface area contributed by atoms with Crippen molar-refractivity contribution in [1.82, 2.24) is 9.29 Å².